The molecule has 0 radical (unpaired) electrons. The van der Waals surface area contributed by atoms with Gasteiger partial charge in [0.15, 0.2) is 11.5 Å². The van der Waals surface area contributed by atoms with E-state index >= 15 is 0 Å². The second-order valence-electron chi connectivity index (χ2n) is 5.56. The fraction of sp³-hybridized carbons (Fsp3) is 0.211. The monoisotopic (exact) mass is 511 g/mol. The largest absolute Gasteiger partial charge is 0.503 e. The molecule has 148 valence electrons. The lowest BCUT2D eigenvalue weighted by Gasteiger charge is -2.08. The number of carbonyl (C=O) groups excluding carboxylic acids is 2. The molecule has 9 heteroatoms. The molecule has 0 aromatic heterocycles. The van der Waals surface area contributed by atoms with E-state index in [1.54, 1.807) is 30.3 Å². The number of amides is 2. The normalized spacial score (nSPS) is 10.7. The number of aromatic hydroxyl groups is 1. The molecule has 2 rings (SSSR count). The van der Waals surface area contributed by atoms with Gasteiger partial charge in [0, 0.05) is 17.4 Å². The van der Waals surface area contributed by atoms with Crippen molar-refractivity contribution in [2.45, 2.75) is 13.3 Å². The molecule has 0 aliphatic heterocycles. The van der Waals surface area contributed by atoms with Crippen molar-refractivity contribution in [3.05, 3.63) is 56.5 Å². The SMILES string of the molecule is CCOc1cc(/C=N\NC(=O)CCNC(=O)c2ccccc2Br)cc(Br)c1O. The van der Waals surface area contributed by atoms with Gasteiger partial charge in [0.1, 0.15) is 0 Å². The first-order valence-electron chi connectivity index (χ1n) is 8.42. The minimum absolute atomic E-state index is 0.00355. The van der Waals surface area contributed by atoms with E-state index in [0.717, 1.165) is 0 Å². The Balaban J connectivity index is 1.82. The Morgan fingerprint density at radius 1 is 1.21 bits per heavy atom. The van der Waals surface area contributed by atoms with Gasteiger partial charge in [-0.1, -0.05) is 12.1 Å². The summed E-state index contributed by atoms with van der Waals surface area (Å²) in [6, 6.07) is 10.3. The Bertz CT molecular complexity index is 887. The Morgan fingerprint density at radius 3 is 2.68 bits per heavy atom. The van der Waals surface area contributed by atoms with Crippen molar-refractivity contribution in [2.75, 3.05) is 13.2 Å². The van der Waals surface area contributed by atoms with Gasteiger partial charge in [0.05, 0.1) is 22.9 Å². The fourth-order valence-corrected chi connectivity index (χ4v) is 3.12. The van der Waals surface area contributed by atoms with Gasteiger partial charge in [-0.15, -0.1) is 0 Å². The van der Waals surface area contributed by atoms with Crippen LogP contribution in [0.3, 0.4) is 0 Å². The van der Waals surface area contributed by atoms with Crippen molar-refractivity contribution >= 4 is 49.9 Å². The van der Waals surface area contributed by atoms with Crippen LogP contribution >= 0.6 is 31.9 Å². The topological polar surface area (TPSA) is 100 Å². The van der Waals surface area contributed by atoms with Gasteiger partial charge in [0.25, 0.3) is 5.91 Å². The number of nitrogens with zero attached hydrogens (tertiary/aromatic N) is 1. The van der Waals surface area contributed by atoms with Crippen molar-refractivity contribution in [1.29, 1.82) is 0 Å². The maximum absolute atomic E-state index is 12.1. The summed E-state index contributed by atoms with van der Waals surface area (Å²) in [4.78, 5) is 23.9. The van der Waals surface area contributed by atoms with Crippen molar-refractivity contribution in [1.82, 2.24) is 10.7 Å². The zero-order chi connectivity index (χ0) is 20.5. The lowest BCUT2D eigenvalue weighted by Crippen LogP contribution is -2.29. The number of benzene rings is 2. The standard InChI is InChI=1S/C19H19Br2N3O4/c1-2-28-16-10-12(9-15(21)18(16)26)11-23-24-17(25)7-8-22-19(27)13-5-3-4-6-14(13)20/h3-6,9-11,26H,2,7-8H2,1H3,(H,22,27)(H,24,25)/b23-11-. The summed E-state index contributed by atoms with van der Waals surface area (Å²) >= 11 is 6.55. The molecule has 0 heterocycles. The number of carbonyl (C=O) groups is 2. The maximum atomic E-state index is 12.1. The number of hydrogen-bond donors (Lipinski definition) is 3. The zero-order valence-electron chi connectivity index (χ0n) is 15.0. The minimum Gasteiger partial charge on any atom is -0.503 e. The number of rotatable bonds is 8. The van der Waals surface area contributed by atoms with E-state index in [-0.39, 0.29) is 30.5 Å². The van der Waals surface area contributed by atoms with Crippen molar-refractivity contribution in [2.24, 2.45) is 5.10 Å². The Hall–Kier alpha value is -2.39. The molecular weight excluding hydrogens is 494 g/mol. The summed E-state index contributed by atoms with van der Waals surface area (Å²) in [6.07, 6.45) is 1.52. The number of ether oxygens (including phenoxy) is 1. The Morgan fingerprint density at radius 2 is 1.96 bits per heavy atom. The first kappa shape index (κ1) is 21.9. The Labute approximate surface area is 179 Å². The highest BCUT2D eigenvalue weighted by Gasteiger charge is 2.10. The van der Waals surface area contributed by atoms with E-state index in [1.165, 1.54) is 6.21 Å². The third-order valence-electron chi connectivity index (χ3n) is 3.51. The zero-order valence-corrected chi connectivity index (χ0v) is 18.2. The van der Waals surface area contributed by atoms with Crippen LogP contribution in [0.1, 0.15) is 29.3 Å². The quantitative estimate of drug-likeness (QED) is 0.371. The number of halogens is 2. The Kier molecular flexibility index (Phi) is 8.46. The third-order valence-corrected chi connectivity index (χ3v) is 4.81. The van der Waals surface area contributed by atoms with Crippen molar-refractivity contribution in [3.63, 3.8) is 0 Å². The summed E-state index contributed by atoms with van der Waals surface area (Å²) in [7, 11) is 0. The van der Waals surface area contributed by atoms with E-state index in [4.69, 9.17) is 4.74 Å². The lowest BCUT2D eigenvalue weighted by molar-refractivity contribution is -0.120. The highest BCUT2D eigenvalue weighted by atomic mass is 79.9. The molecule has 0 aliphatic carbocycles. The molecule has 0 unspecified atom stereocenters. The molecule has 7 nitrogen and oxygen atoms in total. The van der Waals surface area contributed by atoms with Crippen LogP contribution in [-0.2, 0) is 4.79 Å². The summed E-state index contributed by atoms with van der Waals surface area (Å²) in [5, 5.41) is 16.4. The van der Waals surface area contributed by atoms with Crippen LogP contribution in [0.25, 0.3) is 0 Å². The third kappa shape index (κ3) is 6.35. The van der Waals surface area contributed by atoms with Gasteiger partial charge in [-0.05, 0) is 68.6 Å². The van der Waals surface area contributed by atoms with Gasteiger partial charge in [-0.2, -0.15) is 5.10 Å². The molecule has 0 saturated carbocycles. The molecular formula is C19H19Br2N3O4. The van der Waals surface area contributed by atoms with E-state index in [9.17, 15) is 14.7 Å². The minimum atomic E-state index is -0.341. The van der Waals surface area contributed by atoms with E-state index < -0.39 is 0 Å². The molecule has 0 saturated heterocycles. The molecule has 28 heavy (non-hydrogen) atoms. The molecule has 2 aromatic rings. The number of phenols is 1. The molecule has 2 aromatic carbocycles. The van der Waals surface area contributed by atoms with Crippen molar-refractivity contribution < 1.29 is 19.4 Å². The molecule has 0 aliphatic rings. The molecule has 0 atom stereocenters. The highest BCUT2D eigenvalue weighted by molar-refractivity contribution is 9.10. The lowest BCUT2D eigenvalue weighted by atomic mass is 10.2. The number of hydrogen-bond acceptors (Lipinski definition) is 5. The predicted molar refractivity (Wildman–Crippen MR) is 114 cm³/mol. The highest BCUT2D eigenvalue weighted by Crippen LogP contribution is 2.35. The first-order chi connectivity index (χ1) is 13.4. The van der Waals surface area contributed by atoms with Crippen LogP contribution in [0.4, 0.5) is 0 Å². The van der Waals surface area contributed by atoms with Crippen LogP contribution in [0, 0.1) is 0 Å². The van der Waals surface area contributed by atoms with E-state index in [1.807, 2.05) is 13.0 Å². The van der Waals surface area contributed by atoms with Crippen molar-refractivity contribution in [3.8, 4) is 11.5 Å². The van der Waals surface area contributed by atoms with Crippen LogP contribution in [-0.4, -0.2) is 36.3 Å². The summed E-state index contributed by atoms with van der Waals surface area (Å²) in [5.74, 6) is -0.281. The first-order valence-corrected chi connectivity index (χ1v) is 10.0. The van der Waals surface area contributed by atoms with E-state index in [2.05, 4.69) is 47.7 Å². The summed E-state index contributed by atoms with van der Waals surface area (Å²) < 4.78 is 6.48. The predicted octanol–water partition coefficient (Wildman–Crippen LogP) is 3.59. The molecule has 0 spiro atoms. The van der Waals surface area contributed by atoms with Gasteiger partial charge < -0.3 is 15.2 Å². The number of nitrogens with one attached hydrogen (secondary N) is 2. The van der Waals surface area contributed by atoms with Gasteiger partial charge >= 0.3 is 0 Å². The maximum Gasteiger partial charge on any atom is 0.252 e. The smallest absolute Gasteiger partial charge is 0.252 e. The average Bonchev–Trinajstić information content (AvgIpc) is 2.66. The summed E-state index contributed by atoms with van der Waals surface area (Å²) in [6.45, 7) is 2.40. The molecule has 2 amide bonds. The second-order valence-corrected chi connectivity index (χ2v) is 7.27. The molecule has 0 fully saturated rings. The fourth-order valence-electron chi connectivity index (χ4n) is 2.20. The average molecular weight is 513 g/mol. The number of phenolic OH excluding ortho intramolecular Hbond substituents is 1. The van der Waals surface area contributed by atoms with Gasteiger partial charge in [0.2, 0.25) is 5.91 Å². The van der Waals surface area contributed by atoms with Crippen LogP contribution in [0.2, 0.25) is 0 Å². The number of hydrazone groups is 1. The van der Waals surface area contributed by atoms with Gasteiger partial charge in [-0.25, -0.2) is 5.43 Å². The van der Waals surface area contributed by atoms with E-state index in [0.29, 0.717) is 32.4 Å². The van der Waals surface area contributed by atoms with Crippen LogP contribution in [0.15, 0.2) is 50.4 Å². The van der Waals surface area contributed by atoms with Gasteiger partial charge in [-0.3, -0.25) is 9.59 Å². The second kappa shape index (κ2) is 10.8. The summed E-state index contributed by atoms with van der Waals surface area (Å²) in [5.41, 5.74) is 3.53. The van der Waals surface area contributed by atoms with Crippen LogP contribution in [0.5, 0.6) is 11.5 Å². The van der Waals surface area contributed by atoms with Crippen LogP contribution < -0.4 is 15.5 Å². The molecule has 3 N–H and O–H groups in total. The molecule has 0 bridgehead atoms.